The van der Waals surface area contributed by atoms with Gasteiger partial charge in [0.05, 0.1) is 6.61 Å². The van der Waals surface area contributed by atoms with Gasteiger partial charge in [0.1, 0.15) is 5.82 Å². The maximum Gasteiger partial charge on any atom is 0.111 e. The van der Waals surface area contributed by atoms with Crippen LogP contribution < -0.4 is 0 Å². The summed E-state index contributed by atoms with van der Waals surface area (Å²) in [6.07, 6.45) is 12.2. The SMILES string of the molecule is C=C(CO)c1ccccc1.c1ccc(C2CCC(c3nccn3CC3CC3)CC2)cc1. The van der Waals surface area contributed by atoms with Crippen molar-refractivity contribution in [2.45, 2.75) is 56.9 Å². The molecule has 0 amide bonds. The third kappa shape index (κ3) is 5.95. The van der Waals surface area contributed by atoms with Crippen molar-refractivity contribution in [3.63, 3.8) is 0 Å². The van der Waals surface area contributed by atoms with Crippen LogP contribution in [0, 0.1) is 5.92 Å². The van der Waals surface area contributed by atoms with Crippen LogP contribution in [0.4, 0.5) is 0 Å². The minimum absolute atomic E-state index is 0.0318. The van der Waals surface area contributed by atoms with E-state index in [1.807, 2.05) is 36.5 Å². The summed E-state index contributed by atoms with van der Waals surface area (Å²) < 4.78 is 2.44. The lowest BCUT2D eigenvalue weighted by molar-refractivity contribution is 0.350. The van der Waals surface area contributed by atoms with Crippen LogP contribution in [0.2, 0.25) is 0 Å². The van der Waals surface area contributed by atoms with Crippen molar-refractivity contribution in [1.82, 2.24) is 9.55 Å². The molecule has 2 fully saturated rings. The molecule has 0 atom stereocenters. The van der Waals surface area contributed by atoms with Crippen LogP contribution in [-0.4, -0.2) is 21.3 Å². The van der Waals surface area contributed by atoms with Gasteiger partial charge in [-0.15, -0.1) is 0 Å². The second-order valence-electron chi connectivity index (χ2n) is 8.97. The summed E-state index contributed by atoms with van der Waals surface area (Å²) in [7, 11) is 0. The standard InChI is InChI=1S/C19H24N2.C9H10O/c1-2-4-16(5-3-1)17-8-10-18(11-9-17)19-20-12-13-21(19)14-15-6-7-15;1-8(7-10)9-5-3-2-4-6-9/h1-5,12-13,15,17-18H,6-11,14H2;2-6,10H,1,7H2. The van der Waals surface area contributed by atoms with Crippen LogP contribution in [0.15, 0.2) is 79.6 Å². The molecule has 1 heterocycles. The predicted octanol–water partition coefficient (Wildman–Crippen LogP) is 6.43. The highest BCUT2D eigenvalue weighted by molar-refractivity contribution is 5.63. The maximum atomic E-state index is 8.69. The fourth-order valence-corrected chi connectivity index (χ4v) is 4.59. The highest BCUT2D eigenvalue weighted by atomic mass is 16.3. The first-order valence-corrected chi connectivity index (χ1v) is 11.6. The van der Waals surface area contributed by atoms with Crippen molar-refractivity contribution < 1.29 is 5.11 Å². The van der Waals surface area contributed by atoms with Crippen LogP contribution in [0.25, 0.3) is 5.57 Å². The van der Waals surface area contributed by atoms with E-state index in [-0.39, 0.29) is 6.61 Å². The number of hydrogen-bond donors (Lipinski definition) is 1. The monoisotopic (exact) mass is 414 g/mol. The summed E-state index contributed by atoms with van der Waals surface area (Å²) in [5.74, 6) is 3.72. The van der Waals surface area contributed by atoms with Crippen molar-refractivity contribution in [3.8, 4) is 0 Å². The summed E-state index contributed by atoms with van der Waals surface area (Å²) in [5.41, 5.74) is 3.29. The molecule has 2 aliphatic carbocycles. The van der Waals surface area contributed by atoms with Crippen molar-refractivity contribution in [2.24, 2.45) is 5.92 Å². The first kappa shape index (κ1) is 21.6. The van der Waals surface area contributed by atoms with Crippen LogP contribution in [0.1, 0.15) is 67.3 Å². The Bertz CT molecular complexity index is 935. The molecule has 0 unspecified atom stereocenters. The fourth-order valence-electron chi connectivity index (χ4n) is 4.59. The number of aliphatic hydroxyl groups is 1. The summed E-state index contributed by atoms with van der Waals surface area (Å²) in [4.78, 5) is 4.68. The molecular formula is C28H34N2O. The largest absolute Gasteiger partial charge is 0.392 e. The van der Waals surface area contributed by atoms with Gasteiger partial charge in [0, 0.05) is 24.9 Å². The Kier molecular flexibility index (Phi) is 7.37. The maximum absolute atomic E-state index is 8.69. The Hall–Kier alpha value is -2.65. The van der Waals surface area contributed by atoms with Crippen LogP contribution in [0.5, 0.6) is 0 Å². The first-order chi connectivity index (χ1) is 15.2. The van der Waals surface area contributed by atoms with E-state index in [2.05, 4.69) is 52.7 Å². The van der Waals surface area contributed by atoms with Crippen molar-refractivity contribution in [1.29, 1.82) is 0 Å². The molecule has 31 heavy (non-hydrogen) atoms. The molecule has 2 saturated carbocycles. The Labute approximate surface area is 186 Å². The van der Waals surface area contributed by atoms with Gasteiger partial charge in [-0.25, -0.2) is 4.98 Å². The van der Waals surface area contributed by atoms with E-state index in [4.69, 9.17) is 5.11 Å². The van der Waals surface area contributed by atoms with Gasteiger partial charge in [0.2, 0.25) is 0 Å². The molecule has 0 bridgehead atoms. The third-order valence-electron chi connectivity index (χ3n) is 6.64. The lowest BCUT2D eigenvalue weighted by Crippen LogP contribution is -2.16. The number of rotatable bonds is 6. The lowest BCUT2D eigenvalue weighted by atomic mass is 9.78. The number of hydrogen-bond acceptors (Lipinski definition) is 2. The molecule has 0 radical (unpaired) electrons. The Balaban J connectivity index is 0.000000196. The van der Waals surface area contributed by atoms with Crippen LogP contribution in [0.3, 0.4) is 0 Å². The van der Waals surface area contributed by atoms with Crippen molar-refractivity contribution in [3.05, 3.63) is 96.6 Å². The minimum atomic E-state index is 0.0318. The molecule has 2 aromatic carbocycles. The molecule has 0 aliphatic heterocycles. The van der Waals surface area contributed by atoms with Gasteiger partial charge < -0.3 is 9.67 Å². The van der Waals surface area contributed by atoms with Crippen LogP contribution in [-0.2, 0) is 6.54 Å². The fraction of sp³-hybridized carbons (Fsp3) is 0.393. The summed E-state index contributed by atoms with van der Waals surface area (Å²) >= 11 is 0. The van der Waals surface area contributed by atoms with Gasteiger partial charge in [-0.1, -0.05) is 67.2 Å². The molecule has 2 aliphatic rings. The van der Waals surface area contributed by atoms with Gasteiger partial charge >= 0.3 is 0 Å². The number of benzene rings is 2. The van der Waals surface area contributed by atoms with Crippen LogP contribution >= 0.6 is 0 Å². The average molecular weight is 415 g/mol. The normalized spacial score (nSPS) is 20.5. The summed E-state index contributed by atoms with van der Waals surface area (Å²) in [5, 5.41) is 8.69. The van der Waals surface area contributed by atoms with E-state index >= 15 is 0 Å². The van der Waals surface area contributed by atoms with E-state index in [1.54, 1.807) is 0 Å². The third-order valence-corrected chi connectivity index (χ3v) is 6.64. The van der Waals surface area contributed by atoms with E-state index in [9.17, 15) is 0 Å². The first-order valence-electron chi connectivity index (χ1n) is 11.6. The zero-order valence-electron chi connectivity index (χ0n) is 18.4. The lowest BCUT2D eigenvalue weighted by Gasteiger charge is -2.29. The van der Waals surface area contributed by atoms with Gasteiger partial charge in [0.15, 0.2) is 0 Å². The molecule has 1 aromatic heterocycles. The Morgan fingerprint density at radius 1 is 0.871 bits per heavy atom. The zero-order chi connectivity index (χ0) is 21.5. The van der Waals surface area contributed by atoms with Gasteiger partial charge in [-0.05, 0) is 67.1 Å². The smallest absolute Gasteiger partial charge is 0.111 e. The molecule has 162 valence electrons. The highest BCUT2D eigenvalue weighted by Gasteiger charge is 2.28. The number of aromatic nitrogens is 2. The number of imidazole rings is 1. The molecule has 0 saturated heterocycles. The Morgan fingerprint density at radius 2 is 1.48 bits per heavy atom. The number of aliphatic hydroxyl groups excluding tert-OH is 1. The summed E-state index contributed by atoms with van der Waals surface area (Å²) in [6.45, 7) is 4.93. The van der Waals surface area contributed by atoms with Gasteiger partial charge in [-0.3, -0.25) is 0 Å². The van der Waals surface area contributed by atoms with Gasteiger partial charge in [-0.2, -0.15) is 0 Å². The second kappa shape index (κ2) is 10.6. The predicted molar refractivity (Wildman–Crippen MR) is 128 cm³/mol. The molecule has 5 rings (SSSR count). The molecule has 3 aromatic rings. The molecule has 3 heteroatoms. The second-order valence-corrected chi connectivity index (χ2v) is 8.97. The van der Waals surface area contributed by atoms with Gasteiger partial charge in [0.25, 0.3) is 0 Å². The van der Waals surface area contributed by atoms with Crippen molar-refractivity contribution >= 4 is 5.57 Å². The van der Waals surface area contributed by atoms with E-state index in [1.165, 1.54) is 56.5 Å². The molecular weight excluding hydrogens is 380 g/mol. The minimum Gasteiger partial charge on any atom is -0.392 e. The summed E-state index contributed by atoms with van der Waals surface area (Å²) in [6, 6.07) is 20.7. The average Bonchev–Trinajstić information content (AvgIpc) is 3.55. The molecule has 1 N–H and O–H groups in total. The van der Waals surface area contributed by atoms with Crippen molar-refractivity contribution in [2.75, 3.05) is 6.61 Å². The molecule has 0 spiro atoms. The topological polar surface area (TPSA) is 38.1 Å². The quantitative estimate of drug-likeness (QED) is 0.505. The zero-order valence-corrected chi connectivity index (χ0v) is 18.4. The molecule has 3 nitrogen and oxygen atoms in total. The van der Waals surface area contributed by atoms with E-state index < -0.39 is 0 Å². The number of nitrogens with zero attached hydrogens (tertiary/aromatic N) is 2. The highest BCUT2D eigenvalue weighted by Crippen LogP contribution is 2.40. The van der Waals surface area contributed by atoms with E-state index in [0.29, 0.717) is 5.92 Å². The Morgan fingerprint density at radius 3 is 2.10 bits per heavy atom. The van der Waals surface area contributed by atoms with E-state index in [0.717, 1.165) is 23.0 Å².